The average molecular weight is 259 g/mol. The van der Waals surface area contributed by atoms with Crippen LogP contribution in [0, 0.1) is 6.92 Å². The number of aromatic nitrogens is 2. The molecule has 0 saturated heterocycles. The zero-order valence-electron chi connectivity index (χ0n) is 11.5. The van der Waals surface area contributed by atoms with Gasteiger partial charge in [-0.25, -0.2) is 0 Å². The van der Waals surface area contributed by atoms with Gasteiger partial charge in [-0.2, -0.15) is 5.10 Å². The molecule has 0 amide bonds. The first-order chi connectivity index (χ1) is 9.20. The molecule has 0 unspecified atom stereocenters. The lowest BCUT2D eigenvalue weighted by Gasteiger charge is -2.16. The summed E-state index contributed by atoms with van der Waals surface area (Å²) < 4.78 is 1.86. The second kappa shape index (κ2) is 6.50. The van der Waals surface area contributed by atoms with Gasteiger partial charge in [-0.1, -0.05) is 30.3 Å². The van der Waals surface area contributed by atoms with E-state index in [1.165, 1.54) is 11.1 Å². The van der Waals surface area contributed by atoms with E-state index in [4.69, 9.17) is 0 Å². The van der Waals surface area contributed by atoms with Gasteiger partial charge in [-0.3, -0.25) is 4.68 Å². The van der Waals surface area contributed by atoms with E-state index in [0.717, 1.165) is 18.7 Å². The minimum atomic E-state index is 0.0713. The molecule has 4 heteroatoms. The highest BCUT2D eigenvalue weighted by Crippen LogP contribution is 2.07. The molecule has 0 aliphatic carbocycles. The number of aliphatic hydroxyl groups excluding tert-OH is 1. The second-order valence-electron chi connectivity index (χ2n) is 4.83. The van der Waals surface area contributed by atoms with Gasteiger partial charge in [0.25, 0.3) is 0 Å². The maximum atomic E-state index is 9.46. The number of hydrogen-bond acceptors (Lipinski definition) is 3. The van der Waals surface area contributed by atoms with Crippen molar-refractivity contribution in [2.45, 2.75) is 25.9 Å². The van der Waals surface area contributed by atoms with Gasteiger partial charge in [0, 0.05) is 30.9 Å². The predicted molar refractivity (Wildman–Crippen MR) is 75.8 cm³/mol. The number of rotatable bonds is 6. The minimum Gasteiger partial charge on any atom is -0.395 e. The number of benzene rings is 1. The van der Waals surface area contributed by atoms with Crippen LogP contribution >= 0.6 is 0 Å². The van der Waals surface area contributed by atoms with Crippen molar-refractivity contribution in [1.29, 1.82) is 0 Å². The first-order valence-electron chi connectivity index (χ1n) is 6.56. The zero-order valence-corrected chi connectivity index (χ0v) is 11.5. The maximum Gasteiger partial charge on any atom is 0.0587 e. The molecule has 0 aliphatic rings. The van der Waals surface area contributed by atoms with Crippen LogP contribution in [-0.4, -0.2) is 27.5 Å². The first kappa shape index (κ1) is 13.8. The van der Waals surface area contributed by atoms with E-state index in [1.54, 1.807) is 0 Å². The van der Waals surface area contributed by atoms with Crippen LogP contribution < -0.4 is 5.32 Å². The topological polar surface area (TPSA) is 50.1 Å². The Morgan fingerprint density at radius 3 is 2.63 bits per heavy atom. The maximum absolute atomic E-state index is 9.46. The average Bonchev–Trinajstić information content (AvgIpc) is 2.76. The molecule has 0 bridgehead atoms. The highest BCUT2D eigenvalue weighted by atomic mass is 16.3. The van der Waals surface area contributed by atoms with Crippen molar-refractivity contribution in [3.8, 4) is 0 Å². The molecule has 0 saturated carbocycles. The second-order valence-corrected chi connectivity index (χ2v) is 4.83. The number of hydrogen-bond donors (Lipinski definition) is 2. The van der Waals surface area contributed by atoms with Crippen LogP contribution in [0.1, 0.15) is 16.8 Å². The Bertz CT molecular complexity index is 507. The normalized spacial score (nSPS) is 12.6. The van der Waals surface area contributed by atoms with E-state index in [9.17, 15) is 5.11 Å². The number of aliphatic hydroxyl groups is 1. The lowest BCUT2D eigenvalue weighted by atomic mass is 10.1. The lowest BCUT2D eigenvalue weighted by molar-refractivity contribution is 0.240. The standard InChI is InChI=1S/C15H21N3O/c1-12-14(10-17-18(12)2)9-16-15(11-19)8-13-6-4-3-5-7-13/h3-7,10,15-16,19H,8-9,11H2,1-2H3/t15-/m1/s1. The Labute approximate surface area is 114 Å². The molecule has 2 aromatic rings. The van der Waals surface area contributed by atoms with Crippen LogP contribution in [0.3, 0.4) is 0 Å². The summed E-state index contributed by atoms with van der Waals surface area (Å²) in [6.07, 6.45) is 2.70. The summed E-state index contributed by atoms with van der Waals surface area (Å²) in [5, 5.41) is 17.1. The molecule has 1 aromatic carbocycles. The van der Waals surface area contributed by atoms with Crippen LogP contribution in [0.15, 0.2) is 36.5 Å². The smallest absolute Gasteiger partial charge is 0.0587 e. The van der Waals surface area contributed by atoms with Crippen molar-refractivity contribution in [3.63, 3.8) is 0 Å². The molecule has 4 nitrogen and oxygen atoms in total. The molecule has 1 heterocycles. The Kier molecular flexibility index (Phi) is 4.71. The van der Waals surface area contributed by atoms with E-state index in [1.807, 2.05) is 36.1 Å². The zero-order chi connectivity index (χ0) is 13.7. The van der Waals surface area contributed by atoms with Crippen LogP contribution in [0.2, 0.25) is 0 Å². The van der Waals surface area contributed by atoms with Gasteiger partial charge in [0.05, 0.1) is 12.8 Å². The van der Waals surface area contributed by atoms with Crippen molar-refractivity contribution in [1.82, 2.24) is 15.1 Å². The van der Waals surface area contributed by atoms with Crippen LogP contribution in [-0.2, 0) is 20.0 Å². The third kappa shape index (κ3) is 3.66. The van der Waals surface area contributed by atoms with E-state index >= 15 is 0 Å². The SMILES string of the molecule is Cc1c(CN[C@@H](CO)Cc2ccccc2)cnn1C. The monoisotopic (exact) mass is 259 g/mol. The molecule has 0 spiro atoms. The summed E-state index contributed by atoms with van der Waals surface area (Å²) in [4.78, 5) is 0. The largest absolute Gasteiger partial charge is 0.395 e. The first-order valence-corrected chi connectivity index (χ1v) is 6.56. The van der Waals surface area contributed by atoms with Gasteiger partial charge in [0.2, 0.25) is 0 Å². The fraction of sp³-hybridized carbons (Fsp3) is 0.400. The van der Waals surface area contributed by atoms with Gasteiger partial charge in [0.1, 0.15) is 0 Å². The van der Waals surface area contributed by atoms with Gasteiger partial charge in [-0.15, -0.1) is 0 Å². The molecule has 1 atom stereocenters. The summed E-state index contributed by atoms with van der Waals surface area (Å²) in [5.74, 6) is 0. The summed E-state index contributed by atoms with van der Waals surface area (Å²) in [6, 6.07) is 10.3. The quantitative estimate of drug-likeness (QED) is 0.825. The summed E-state index contributed by atoms with van der Waals surface area (Å²) in [7, 11) is 1.94. The number of aryl methyl sites for hydroxylation is 1. The van der Waals surface area contributed by atoms with Crippen molar-refractivity contribution >= 4 is 0 Å². The fourth-order valence-electron chi connectivity index (χ4n) is 2.07. The van der Waals surface area contributed by atoms with E-state index in [-0.39, 0.29) is 12.6 Å². The van der Waals surface area contributed by atoms with Gasteiger partial charge in [-0.05, 0) is 18.9 Å². The molecule has 2 N–H and O–H groups in total. The Balaban J connectivity index is 1.91. The van der Waals surface area contributed by atoms with Crippen molar-refractivity contribution in [3.05, 3.63) is 53.3 Å². The minimum absolute atomic E-state index is 0.0713. The molecule has 2 rings (SSSR count). The van der Waals surface area contributed by atoms with E-state index < -0.39 is 0 Å². The Morgan fingerprint density at radius 2 is 2.05 bits per heavy atom. The Hall–Kier alpha value is -1.65. The van der Waals surface area contributed by atoms with E-state index in [2.05, 4.69) is 29.5 Å². The molecular formula is C15H21N3O. The predicted octanol–water partition coefficient (Wildman–Crippen LogP) is 1.42. The third-order valence-corrected chi connectivity index (χ3v) is 3.46. The molecule has 102 valence electrons. The van der Waals surface area contributed by atoms with Gasteiger partial charge in [0.15, 0.2) is 0 Å². The fourth-order valence-corrected chi connectivity index (χ4v) is 2.07. The van der Waals surface area contributed by atoms with Crippen LogP contribution in [0.25, 0.3) is 0 Å². The number of nitrogens with one attached hydrogen (secondary N) is 1. The summed E-state index contributed by atoms with van der Waals surface area (Å²) in [6.45, 7) is 2.92. The van der Waals surface area contributed by atoms with Crippen molar-refractivity contribution in [2.24, 2.45) is 7.05 Å². The summed E-state index contributed by atoms with van der Waals surface area (Å²) in [5.41, 5.74) is 3.56. The van der Waals surface area contributed by atoms with Crippen molar-refractivity contribution in [2.75, 3.05) is 6.61 Å². The molecule has 0 radical (unpaired) electrons. The molecule has 0 aliphatic heterocycles. The molecule has 0 fully saturated rings. The van der Waals surface area contributed by atoms with Crippen LogP contribution in [0.5, 0.6) is 0 Å². The van der Waals surface area contributed by atoms with Gasteiger partial charge < -0.3 is 10.4 Å². The Morgan fingerprint density at radius 1 is 1.32 bits per heavy atom. The highest BCUT2D eigenvalue weighted by molar-refractivity contribution is 5.17. The lowest BCUT2D eigenvalue weighted by Crippen LogP contribution is -2.34. The highest BCUT2D eigenvalue weighted by Gasteiger charge is 2.10. The summed E-state index contributed by atoms with van der Waals surface area (Å²) >= 11 is 0. The third-order valence-electron chi connectivity index (χ3n) is 3.46. The van der Waals surface area contributed by atoms with E-state index in [0.29, 0.717) is 0 Å². The van der Waals surface area contributed by atoms with Crippen molar-refractivity contribution < 1.29 is 5.11 Å². The number of nitrogens with zero attached hydrogens (tertiary/aromatic N) is 2. The molecule has 19 heavy (non-hydrogen) atoms. The molecular weight excluding hydrogens is 238 g/mol. The van der Waals surface area contributed by atoms with Gasteiger partial charge >= 0.3 is 0 Å². The van der Waals surface area contributed by atoms with Crippen LogP contribution in [0.4, 0.5) is 0 Å². The molecule has 1 aromatic heterocycles.